The molecule has 0 aromatic heterocycles. The second kappa shape index (κ2) is 3.82. The Morgan fingerprint density at radius 2 is 1.94 bits per heavy atom. The van der Waals surface area contributed by atoms with Crippen molar-refractivity contribution in [3.63, 3.8) is 0 Å². The van der Waals surface area contributed by atoms with Crippen molar-refractivity contribution in [1.82, 2.24) is 0 Å². The molecule has 92 valence electrons. The van der Waals surface area contributed by atoms with E-state index in [1.165, 1.54) is 5.56 Å². The number of esters is 1. The Balaban J connectivity index is 2.38. The predicted molar refractivity (Wildman–Crippen MR) is 75.2 cm³/mol. The fourth-order valence-corrected chi connectivity index (χ4v) is 2.84. The highest BCUT2D eigenvalue weighted by Gasteiger charge is 2.42. The number of carbonyl (C=O) groups excluding carboxylic acids is 1. The first-order valence-corrected chi connectivity index (χ1v) is 7.00. The molecule has 0 saturated carbocycles. The van der Waals surface area contributed by atoms with Gasteiger partial charge in [0.25, 0.3) is 0 Å². The van der Waals surface area contributed by atoms with E-state index in [1.54, 1.807) is 0 Å². The Kier molecular flexibility index (Phi) is 2.49. The van der Waals surface area contributed by atoms with Crippen molar-refractivity contribution >= 4 is 32.7 Å². The van der Waals surface area contributed by atoms with Gasteiger partial charge in [-0.05, 0) is 42.3 Å². The quantitative estimate of drug-likeness (QED) is 0.453. The van der Waals surface area contributed by atoms with E-state index in [1.807, 2.05) is 26.0 Å². The molecule has 0 bridgehead atoms. The maximum Gasteiger partial charge on any atom is 0.321 e. The van der Waals surface area contributed by atoms with E-state index in [-0.39, 0.29) is 5.97 Å². The van der Waals surface area contributed by atoms with Crippen LogP contribution in [0.15, 0.2) is 30.3 Å². The lowest BCUT2D eigenvalue weighted by molar-refractivity contribution is -0.137. The van der Waals surface area contributed by atoms with Crippen LogP contribution in [0.4, 0.5) is 0 Å². The number of benzene rings is 2. The van der Waals surface area contributed by atoms with Gasteiger partial charge in [-0.2, -0.15) is 0 Å². The molecule has 0 amide bonds. The lowest BCUT2D eigenvalue weighted by Crippen LogP contribution is -2.26. The van der Waals surface area contributed by atoms with Gasteiger partial charge >= 0.3 is 5.97 Å². The zero-order chi connectivity index (χ0) is 12.9. The molecule has 0 N–H and O–H groups in total. The molecule has 18 heavy (non-hydrogen) atoms. The van der Waals surface area contributed by atoms with Crippen LogP contribution in [0.3, 0.4) is 0 Å². The summed E-state index contributed by atoms with van der Waals surface area (Å²) in [6, 6.07) is 10.2. The molecule has 1 aliphatic heterocycles. The van der Waals surface area contributed by atoms with E-state index in [2.05, 4.69) is 34.1 Å². The minimum Gasteiger partial charge on any atom is -0.426 e. The largest absolute Gasteiger partial charge is 0.426 e. The summed E-state index contributed by atoms with van der Waals surface area (Å²) in [4.78, 5) is 11.9. The molecule has 2 nitrogen and oxygen atoms in total. The molecule has 2 aromatic rings. The van der Waals surface area contributed by atoms with Crippen molar-refractivity contribution in [3.8, 4) is 5.75 Å². The predicted octanol–water partition coefficient (Wildman–Crippen LogP) is 3.93. The Morgan fingerprint density at radius 3 is 2.67 bits per heavy atom. The zero-order valence-electron chi connectivity index (χ0n) is 10.3. The van der Waals surface area contributed by atoms with Crippen LogP contribution in [0.25, 0.3) is 10.8 Å². The van der Waals surface area contributed by atoms with E-state index in [9.17, 15) is 4.79 Å². The van der Waals surface area contributed by atoms with E-state index in [4.69, 9.17) is 4.74 Å². The topological polar surface area (TPSA) is 26.3 Å². The van der Waals surface area contributed by atoms with Crippen LogP contribution in [-0.4, -0.2) is 5.97 Å². The third-order valence-corrected chi connectivity index (χ3v) is 4.19. The fraction of sp³-hybridized carbons (Fsp3) is 0.267. The summed E-state index contributed by atoms with van der Waals surface area (Å²) in [5, 5.41) is 3.06. The first-order valence-electron chi connectivity index (χ1n) is 5.88. The normalized spacial score (nSPS) is 16.7. The lowest BCUT2D eigenvalue weighted by Gasteiger charge is -2.15. The van der Waals surface area contributed by atoms with Crippen LogP contribution in [-0.2, 0) is 15.5 Å². The van der Waals surface area contributed by atoms with Gasteiger partial charge < -0.3 is 4.74 Å². The minimum absolute atomic E-state index is 0.172. The van der Waals surface area contributed by atoms with Crippen molar-refractivity contribution in [2.45, 2.75) is 24.6 Å². The highest BCUT2D eigenvalue weighted by Crippen LogP contribution is 2.43. The molecule has 0 unspecified atom stereocenters. The van der Waals surface area contributed by atoms with E-state index in [0.29, 0.717) is 5.75 Å². The van der Waals surface area contributed by atoms with Gasteiger partial charge in [-0.3, -0.25) is 4.79 Å². The summed E-state index contributed by atoms with van der Waals surface area (Å²) in [5.41, 5.74) is 1.64. The number of carbonyl (C=O) groups is 1. The van der Waals surface area contributed by atoms with Crippen molar-refractivity contribution in [3.05, 3.63) is 41.5 Å². The van der Waals surface area contributed by atoms with Gasteiger partial charge in [0.1, 0.15) is 5.75 Å². The Labute approximate surface area is 114 Å². The molecular formula is C15H13BrO2. The molecule has 0 radical (unpaired) electrons. The standard InChI is InChI=1S/C15H13BrO2/c1-15(2)13-11-7-9(8-16)3-4-10(11)5-6-12(13)18-14(15)17/h3-7H,8H2,1-2H3. The van der Waals surface area contributed by atoms with Crippen LogP contribution in [0, 0.1) is 0 Å². The van der Waals surface area contributed by atoms with Gasteiger partial charge in [0.2, 0.25) is 0 Å². The summed E-state index contributed by atoms with van der Waals surface area (Å²) in [5.74, 6) is 0.526. The molecule has 0 atom stereocenters. The van der Waals surface area contributed by atoms with E-state index < -0.39 is 5.41 Å². The van der Waals surface area contributed by atoms with Crippen LogP contribution in [0.1, 0.15) is 25.0 Å². The van der Waals surface area contributed by atoms with Crippen molar-refractivity contribution in [2.75, 3.05) is 0 Å². The molecule has 1 aliphatic rings. The first-order chi connectivity index (χ1) is 8.54. The van der Waals surface area contributed by atoms with Crippen LogP contribution in [0.5, 0.6) is 5.75 Å². The van der Waals surface area contributed by atoms with Crippen molar-refractivity contribution < 1.29 is 9.53 Å². The smallest absolute Gasteiger partial charge is 0.321 e. The van der Waals surface area contributed by atoms with Crippen molar-refractivity contribution in [2.24, 2.45) is 0 Å². The molecular weight excluding hydrogens is 292 g/mol. The van der Waals surface area contributed by atoms with Gasteiger partial charge in [-0.25, -0.2) is 0 Å². The summed E-state index contributed by atoms with van der Waals surface area (Å²) >= 11 is 3.47. The zero-order valence-corrected chi connectivity index (χ0v) is 11.9. The van der Waals surface area contributed by atoms with E-state index in [0.717, 1.165) is 21.7 Å². The fourth-order valence-electron chi connectivity index (χ4n) is 2.49. The summed E-state index contributed by atoms with van der Waals surface area (Å²) in [6.45, 7) is 3.84. The average molecular weight is 305 g/mol. The molecule has 0 fully saturated rings. The minimum atomic E-state index is -0.570. The maximum absolute atomic E-state index is 11.9. The van der Waals surface area contributed by atoms with Gasteiger partial charge in [0, 0.05) is 10.9 Å². The summed E-state index contributed by atoms with van der Waals surface area (Å²) < 4.78 is 5.35. The highest BCUT2D eigenvalue weighted by molar-refractivity contribution is 9.08. The number of alkyl halides is 1. The van der Waals surface area contributed by atoms with Crippen molar-refractivity contribution in [1.29, 1.82) is 0 Å². The monoisotopic (exact) mass is 304 g/mol. The second-order valence-corrected chi connectivity index (χ2v) is 5.70. The van der Waals surface area contributed by atoms with Crippen LogP contribution in [0.2, 0.25) is 0 Å². The molecule has 2 aromatic carbocycles. The molecule has 0 saturated heterocycles. The van der Waals surface area contributed by atoms with Gasteiger partial charge in [-0.15, -0.1) is 0 Å². The number of fused-ring (bicyclic) bond motifs is 3. The maximum atomic E-state index is 11.9. The lowest BCUT2D eigenvalue weighted by atomic mass is 9.83. The Hall–Kier alpha value is -1.35. The molecule has 3 rings (SSSR count). The third-order valence-electron chi connectivity index (χ3n) is 3.54. The average Bonchev–Trinajstić information content (AvgIpc) is 2.59. The number of hydrogen-bond acceptors (Lipinski definition) is 2. The van der Waals surface area contributed by atoms with Gasteiger partial charge in [0.05, 0.1) is 5.41 Å². The number of ether oxygens (including phenoxy) is 1. The molecule has 0 aliphatic carbocycles. The van der Waals surface area contributed by atoms with Gasteiger partial charge in [0.15, 0.2) is 0 Å². The second-order valence-electron chi connectivity index (χ2n) is 5.14. The highest BCUT2D eigenvalue weighted by atomic mass is 79.9. The number of hydrogen-bond donors (Lipinski definition) is 0. The number of rotatable bonds is 1. The van der Waals surface area contributed by atoms with E-state index >= 15 is 0 Å². The molecule has 1 heterocycles. The summed E-state index contributed by atoms with van der Waals surface area (Å²) in [7, 11) is 0. The number of halogens is 1. The molecule has 3 heteroatoms. The first kappa shape index (κ1) is 11.7. The Morgan fingerprint density at radius 1 is 1.22 bits per heavy atom. The van der Waals surface area contributed by atoms with Gasteiger partial charge in [-0.1, -0.05) is 34.1 Å². The summed E-state index contributed by atoms with van der Waals surface area (Å²) in [6.07, 6.45) is 0. The molecule has 0 spiro atoms. The SMILES string of the molecule is CC1(C)C(=O)Oc2ccc3ccc(CBr)cc3c21. The van der Waals surface area contributed by atoms with Crippen LogP contribution < -0.4 is 4.74 Å². The third kappa shape index (κ3) is 1.50. The van der Waals surface area contributed by atoms with Crippen LogP contribution >= 0.6 is 15.9 Å². The Bertz CT molecular complexity index is 659.